The van der Waals surface area contributed by atoms with Gasteiger partial charge in [-0.3, -0.25) is 0 Å². The maximum atomic E-state index is 12.7. The molecule has 1 aromatic rings. The van der Waals surface area contributed by atoms with Crippen molar-refractivity contribution in [3.8, 4) is 0 Å². The lowest BCUT2D eigenvalue weighted by Crippen LogP contribution is -2.34. The highest BCUT2D eigenvalue weighted by molar-refractivity contribution is 7.91. The molecule has 0 aliphatic carbocycles. The minimum Gasteiger partial charge on any atom is -0.398 e. The Morgan fingerprint density at radius 1 is 1.30 bits per heavy atom. The molecule has 1 aliphatic rings. The van der Waals surface area contributed by atoms with E-state index in [2.05, 4.69) is 5.32 Å². The highest BCUT2D eigenvalue weighted by atomic mass is 32.2. The number of nitrogen functional groups attached to an aromatic ring is 1. The van der Waals surface area contributed by atoms with E-state index in [1.54, 1.807) is 0 Å². The third-order valence-corrected chi connectivity index (χ3v) is 5.01. The number of hydrogen-bond acceptors (Lipinski definition) is 4. The molecule has 1 fully saturated rings. The molecule has 1 aliphatic heterocycles. The fourth-order valence-corrected chi connectivity index (χ4v) is 3.90. The van der Waals surface area contributed by atoms with Crippen LogP contribution in [0.4, 0.5) is 24.5 Å². The largest absolute Gasteiger partial charge is 0.418 e. The summed E-state index contributed by atoms with van der Waals surface area (Å²) < 4.78 is 61.2. The summed E-state index contributed by atoms with van der Waals surface area (Å²) in [6.07, 6.45) is -3.40. The Bertz CT molecular complexity index is 599. The summed E-state index contributed by atoms with van der Waals surface area (Å²) in [4.78, 5) is 0. The van der Waals surface area contributed by atoms with Crippen molar-refractivity contribution in [2.75, 3.05) is 22.6 Å². The zero-order valence-electron chi connectivity index (χ0n) is 10.6. The second-order valence-electron chi connectivity index (χ2n) is 4.90. The monoisotopic (exact) mass is 308 g/mol. The molecule has 1 unspecified atom stereocenters. The molecule has 8 heteroatoms. The minimum atomic E-state index is -4.53. The fraction of sp³-hybridized carbons (Fsp3) is 0.500. The zero-order valence-corrected chi connectivity index (χ0v) is 11.4. The van der Waals surface area contributed by atoms with Crippen molar-refractivity contribution in [2.45, 2.75) is 25.1 Å². The van der Waals surface area contributed by atoms with E-state index in [9.17, 15) is 21.6 Å². The molecule has 0 amide bonds. The van der Waals surface area contributed by atoms with Gasteiger partial charge in [0.2, 0.25) is 0 Å². The van der Waals surface area contributed by atoms with Crippen LogP contribution in [0.15, 0.2) is 18.2 Å². The van der Waals surface area contributed by atoms with E-state index >= 15 is 0 Å². The van der Waals surface area contributed by atoms with Crippen molar-refractivity contribution in [2.24, 2.45) is 0 Å². The van der Waals surface area contributed by atoms with Gasteiger partial charge in [0.05, 0.1) is 17.1 Å². The first-order valence-electron chi connectivity index (χ1n) is 6.11. The van der Waals surface area contributed by atoms with E-state index < -0.39 is 21.6 Å². The third-order valence-electron chi connectivity index (χ3n) is 3.19. The van der Waals surface area contributed by atoms with E-state index in [0.717, 1.165) is 6.07 Å². The normalized spacial score (nSPS) is 22.4. The summed E-state index contributed by atoms with van der Waals surface area (Å²) in [7, 11) is -3.11. The first-order valence-corrected chi connectivity index (χ1v) is 7.93. The number of sulfone groups is 1. The van der Waals surface area contributed by atoms with Crippen LogP contribution in [-0.2, 0) is 16.0 Å². The number of halogens is 3. The van der Waals surface area contributed by atoms with Crippen molar-refractivity contribution in [3.63, 3.8) is 0 Å². The summed E-state index contributed by atoms with van der Waals surface area (Å²) in [5.74, 6) is 0.0828. The van der Waals surface area contributed by atoms with Crippen LogP contribution in [0.2, 0.25) is 0 Å². The van der Waals surface area contributed by atoms with Gasteiger partial charge >= 0.3 is 6.18 Å². The molecule has 1 aromatic carbocycles. The number of anilines is 2. The average Bonchev–Trinajstić information content (AvgIpc) is 2.29. The summed E-state index contributed by atoms with van der Waals surface area (Å²) in [5, 5.41) is 2.84. The van der Waals surface area contributed by atoms with Gasteiger partial charge in [0, 0.05) is 17.4 Å². The molecule has 1 heterocycles. The van der Waals surface area contributed by atoms with Gasteiger partial charge < -0.3 is 11.1 Å². The topological polar surface area (TPSA) is 72.2 Å². The fourth-order valence-electron chi connectivity index (χ4n) is 2.26. The number of nitrogens with two attached hydrogens (primary N) is 1. The molecule has 3 N–H and O–H groups in total. The van der Waals surface area contributed by atoms with Crippen LogP contribution in [-0.4, -0.2) is 26.0 Å². The number of rotatable bonds is 2. The highest BCUT2D eigenvalue weighted by Gasteiger charge is 2.33. The SMILES string of the molecule is Nc1ccc(NC2CCCS(=O)(=O)C2)cc1C(F)(F)F. The minimum absolute atomic E-state index is 0.0568. The first-order chi connectivity index (χ1) is 9.17. The van der Waals surface area contributed by atoms with Crippen molar-refractivity contribution in [1.82, 2.24) is 0 Å². The average molecular weight is 308 g/mol. The molecule has 2 rings (SSSR count). The summed E-state index contributed by atoms with van der Waals surface area (Å²) >= 11 is 0. The molecule has 0 radical (unpaired) electrons. The molecular formula is C12H15F3N2O2S. The number of hydrogen-bond donors (Lipinski definition) is 2. The van der Waals surface area contributed by atoms with Gasteiger partial charge in [-0.05, 0) is 31.0 Å². The Kier molecular flexibility index (Phi) is 3.86. The van der Waals surface area contributed by atoms with Crippen molar-refractivity contribution < 1.29 is 21.6 Å². The van der Waals surface area contributed by atoms with Gasteiger partial charge in [-0.25, -0.2) is 8.42 Å². The molecule has 20 heavy (non-hydrogen) atoms. The molecule has 0 saturated carbocycles. The molecule has 0 bridgehead atoms. The highest BCUT2D eigenvalue weighted by Crippen LogP contribution is 2.35. The molecule has 1 atom stereocenters. The number of benzene rings is 1. The van der Waals surface area contributed by atoms with Gasteiger partial charge in [0.15, 0.2) is 9.84 Å². The van der Waals surface area contributed by atoms with E-state index in [-0.39, 0.29) is 28.9 Å². The Hall–Kier alpha value is -1.44. The van der Waals surface area contributed by atoms with Crippen LogP contribution in [0.5, 0.6) is 0 Å². The first kappa shape index (κ1) is 15.0. The second-order valence-corrected chi connectivity index (χ2v) is 7.13. The van der Waals surface area contributed by atoms with Gasteiger partial charge in [-0.15, -0.1) is 0 Å². The smallest absolute Gasteiger partial charge is 0.398 e. The Morgan fingerprint density at radius 3 is 2.60 bits per heavy atom. The second kappa shape index (κ2) is 5.16. The Labute approximate surface area is 115 Å². The van der Waals surface area contributed by atoms with Gasteiger partial charge in [-0.1, -0.05) is 0 Å². The molecule has 4 nitrogen and oxygen atoms in total. The molecular weight excluding hydrogens is 293 g/mol. The lowest BCUT2D eigenvalue weighted by Gasteiger charge is -2.24. The molecule has 1 saturated heterocycles. The Balaban J connectivity index is 2.18. The zero-order chi connectivity index (χ0) is 15.0. The maximum absolute atomic E-state index is 12.7. The lowest BCUT2D eigenvalue weighted by atomic mass is 10.1. The van der Waals surface area contributed by atoms with Gasteiger partial charge in [0.25, 0.3) is 0 Å². The van der Waals surface area contributed by atoms with E-state index in [1.807, 2.05) is 0 Å². The van der Waals surface area contributed by atoms with E-state index in [1.165, 1.54) is 12.1 Å². The Morgan fingerprint density at radius 2 is 2.00 bits per heavy atom. The summed E-state index contributed by atoms with van der Waals surface area (Å²) in [6.45, 7) is 0. The maximum Gasteiger partial charge on any atom is 0.418 e. The summed E-state index contributed by atoms with van der Waals surface area (Å²) in [5.41, 5.74) is 4.27. The molecule has 112 valence electrons. The van der Waals surface area contributed by atoms with Crippen LogP contribution >= 0.6 is 0 Å². The quantitative estimate of drug-likeness (QED) is 0.822. The van der Waals surface area contributed by atoms with Crippen LogP contribution < -0.4 is 11.1 Å². The number of alkyl halides is 3. The predicted octanol–water partition coefficient (Wildman–Crippen LogP) is 2.28. The lowest BCUT2D eigenvalue weighted by molar-refractivity contribution is -0.136. The van der Waals surface area contributed by atoms with Crippen molar-refractivity contribution in [1.29, 1.82) is 0 Å². The van der Waals surface area contributed by atoms with Gasteiger partial charge in [-0.2, -0.15) is 13.2 Å². The predicted molar refractivity (Wildman–Crippen MR) is 71.2 cm³/mol. The van der Waals surface area contributed by atoms with Gasteiger partial charge in [0.1, 0.15) is 0 Å². The van der Waals surface area contributed by atoms with Crippen LogP contribution in [0.3, 0.4) is 0 Å². The van der Waals surface area contributed by atoms with Crippen molar-refractivity contribution in [3.05, 3.63) is 23.8 Å². The third kappa shape index (κ3) is 3.56. The van der Waals surface area contributed by atoms with E-state index in [4.69, 9.17) is 5.73 Å². The van der Waals surface area contributed by atoms with Crippen molar-refractivity contribution >= 4 is 21.2 Å². The molecule has 0 spiro atoms. The summed E-state index contributed by atoms with van der Waals surface area (Å²) in [6, 6.07) is 3.14. The van der Waals surface area contributed by atoms with Crippen LogP contribution in [0, 0.1) is 0 Å². The molecule has 0 aromatic heterocycles. The van der Waals surface area contributed by atoms with Crippen LogP contribution in [0.1, 0.15) is 18.4 Å². The number of nitrogens with one attached hydrogen (secondary N) is 1. The van der Waals surface area contributed by atoms with E-state index in [0.29, 0.717) is 12.8 Å². The van der Waals surface area contributed by atoms with Crippen LogP contribution in [0.25, 0.3) is 0 Å². The standard InChI is InChI=1S/C12H15F3N2O2S/c13-12(14,15)10-6-8(3-4-11(10)16)17-9-2-1-5-20(18,19)7-9/h3-4,6,9,17H,1-2,5,7,16H2.